The topological polar surface area (TPSA) is 204 Å². The van der Waals surface area contributed by atoms with E-state index in [0.29, 0.717) is 46.8 Å². The summed E-state index contributed by atoms with van der Waals surface area (Å²) in [4.78, 5) is 77.6. The third-order valence-electron chi connectivity index (χ3n) is 9.15. The molecule has 0 radical (unpaired) electrons. The fraction of sp³-hybridized carbons (Fsp3) is 0.364. The molecule has 2 aromatic carbocycles. The first-order valence-corrected chi connectivity index (χ1v) is 20.0. The van der Waals surface area contributed by atoms with Gasteiger partial charge in [-0.2, -0.15) is 8.78 Å². The standard InChI is InChI=1S/C33H33ClF3N6O7PS2/c34-20-12-16(1-4-21(20)35)24-15-52-31(42-24)22(5-8-28(38)44)40-29(45)25-6-3-19-9-10-39-14-23(32(47)43(19)25)41-30(46)27-13-17-11-18(2-7-26(17)53-27)33(36,37)51(48,49)50/h1-2,4,7,11-13,15,19,22-23,25,39H,3,5-6,8-10,14H2,(H2,38,44)(H,40,45)(H,41,46)(H2,48,49,50)/t19-,22+,23+,25+/m1/s1. The molecule has 6 rings (SSSR count). The molecule has 2 saturated heterocycles. The summed E-state index contributed by atoms with van der Waals surface area (Å²) < 4.78 is 54.2. The Labute approximate surface area is 313 Å². The van der Waals surface area contributed by atoms with E-state index in [4.69, 9.17) is 27.1 Å². The zero-order chi connectivity index (χ0) is 38.2. The summed E-state index contributed by atoms with van der Waals surface area (Å²) in [5, 5.41) is 11.0. The van der Waals surface area contributed by atoms with Gasteiger partial charge in [-0.05, 0) is 74.0 Å². The van der Waals surface area contributed by atoms with Crippen LogP contribution in [0.1, 0.15) is 58.4 Å². The van der Waals surface area contributed by atoms with Gasteiger partial charge >= 0.3 is 13.3 Å². The fourth-order valence-corrected chi connectivity index (χ4v) is 8.96. The minimum atomic E-state index is -5.81. The van der Waals surface area contributed by atoms with Gasteiger partial charge in [0.05, 0.1) is 21.6 Å². The van der Waals surface area contributed by atoms with E-state index in [0.717, 1.165) is 23.5 Å². The number of fused-ring (bicyclic) bond motifs is 2. The SMILES string of the molecule is NC(=O)CC[C@H](NC(=O)[C@@H]1CC[C@@H]2CCNC[C@H](NC(=O)c3cc4cc(C(F)(F)P(=O)(O)O)ccc4s3)C(=O)N21)c1nc(-c2ccc(F)c(Cl)c2)cs1. The third-order valence-corrected chi connectivity index (χ3v) is 12.5. The molecule has 2 fully saturated rings. The number of carbonyl (C=O) groups is 4. The maximum atomic E-state index is 14.3. The molecule has 0 bridgehead atoms. The number of thiazole rings is 1. The average molecular weight is 813 g/mol. The Hall–Kier alpha value is -3.90. The fourth-order valence-electron chi connectivity index (χ4n) is 6.44. The third kappa shape index (κ3) is 8.28. The lowest BCUT2D eigenvalue weighted by atomic mass is 10.1. The van der Waals surface area contributed by atoms with Crippen molar-refractivity contribution in [3.63, 3.8) is 0 Å². The number of primary amides is 1. The second-order valence-corrected chi connectivity index (χ2v) is 16.8. The van der Waals surface area contributed by atoms with E-state index in [-0.39, 0.29) is 40.7 Å². The second kappa shape index (κ2) is 15.5. The van der Waals surface area contributed by atoms with Crippen LogP contribution < -0.4 is 21.7 Å². The van der Waals surface area contributed by atoms with Crippen molar-refractivity contribution >= 4 is 75.6 Å². The Kier molecular flexibility index (Phi) is 11.3. The van der Waals surface area contributed by atoms with E-state index in [9.17, 15) is 36.9 Å². The number of aromatic nitrogens is 1. The van der Waals surface area contributed by atoms with E-state index < -0.39 is 66.4 Å². The first-order valence-electron chi connectivity index (χ1n) is 16.3. The van der Waals surface area contributed by atoms with Crippen LogP contribution in [0.5, 0.6) is 0 Å². The van der Waals surface area contributed by atoms with Crippen LogP contribution in [0.4, 0.5) is 13.2 Å². The summed E-state index contributed by atoms with van der Waals surface area (Å²) in [6, 6.07) is 5.40. The first kappa shape index (κ1) is 38.8. The Morgan fingerprint density at radius 2 is 1.92 bits per heavy atom. The van der Waals surface area contributed by atoms with Crippen LogP contribution in [0.15, 0.2) is 47.8 Å². The van der Waals surface area contributed by atoms with Crippen molar-refractivity contribution in [1.82, 2.24) is 25.8 Å². The molecule has 4 atom stereocenters. The van der Waals surface area contributed by atoms with Crippen molar-refractivity contribution in [2.75, 3.05) is 13.1 Å². The summed E-state index contributed by atoms with van der Waals surface area (Å²) in [5.74, 6) is -2.84. The second-order valence-electron chi connectivity index (χ2n) is 12.7. The quantitative estimate of drug-likeness (QED) is 0.117. The molecule has 4 amide bonds. The Balaban J connectivity index is 1.19. The molecule has 2 aliphatic rings. The minimum absolute atomic E-state index is 0.0439. The number of amides is 4. The molecule has 0 saturated carbocycles. The van der Waals surface area contributed by atoms with Crippen molar-refractivity contribution in [1.29, 1.82) is 0 Å². The van der Waals surface area contributed by atoms with Gasteiger partial charge in [-0.3, -0.25) is 23.7 Å². The van der Waals surface area contributed by atoms with Crippen LogP contribution in [0.25, 0.3) is 21.3 Å². The van der Waals surface area contributed by atoms with Crippen LogP contribution in [-0.2, 0) is 24.6 Å². The number of hydrogen-bond donors (Lipinski definition) is 6. The molecule has 0 spiro atoms. The van der Waals surface area contributed by atoms with Gasteiger partial charge in [0, 0.05) is 40.2 Å². The van der Waals surface area contributed by atoms with Gasteiger partial charge in [-0.1, -0.05) is 17.7 Å². The lowest BCUT2D eigenvalue weighted by Gasteiger charge is -2.35. The predicted octanol–water partition coefficient (Wildman–Crippen LogP) is 4.62. The molecular formula is C33H33ClF3N6O7PS2. The molecular weight excluding hydrogens is 780 g/mol. The molecule has 282 valence electrons. The molecule has 2 aromatic heterocycles. The predicted molar refractivity (Wildman–Crippen MR) is 192 cm³/mol. The van der Waals surface area contributed by atoms with E-state index in [1.54, 1.807) is 5.38 Å². The molecule has 53 heavy (non-hydrogen) atoms. The lowest BCUT2D eigenvalue weighted by molar-refractivity contribution is -0.142. The van der Waals surface area contributed by atoms with Crippen molar-refractivity contribution in [2.24, 2.45) is 5.73 Å². The van der Waals surface area contributed by atoms with Gasteiger partial charge in [-0.25, -0.2) is 9.37 Å². The van der Waals surface area contributed by atoms with Gasteiger partial charge in [0.15, 0.2) is 0 Å². The van der Waals surface area contributed by atoms with Crippen LogP contribution in [-0.4, -0.2) is 74.5 Å². The van der Waals surface area contributed by atoms with Gasteiger partial charge in [0.25, 0.3) is 5.91 Å². The number of halogens is 4. The first-order chi connectivity index (χ1) is 25.0. The molecule has 7 N–H and O–H groups in total. The summed E-state index contributed by atoms with van der Waals surface area (Å²) in [6.07, 6.45) is 1.46. The highest BCUT2D eigenvalue weighted by Crippen LogP contribution is 2.59. The van der Waals surface area contributed by atoms with E-state index in [2.05, 4.69) is 20.9 Å². The number of nitrogens with zero attached hydrogens (tertiary/aromatic N) is 2. The number of carbonyl (C=O) groups excluding carboxylic acids is 4. The smallest absolute Gasteiger partial charge is 0.370 e. The number of thiophene rings is 1. The molecule has 0 aliphatic carbocycles. The molecule has 13 nitrogen and oxygen atoms in total. The molecule has 20 heteroatoms. The summed E-state index contributed by atoms with van der Waals surface area (Å²) >= 11 is 8.12. The van der Waals surface area contributed by atoms with Crippen molar-refractivity contribution in [3.8, 4) is 11.3 Å². The van der Waals surface area contributed by atoms with Gasteiger partial charge in [0.2, 0.25) is 17.7 Å². The van der Waals surface area contributed by atoms with Crippen LogP contribution in [0.2, 0.25) is 5.02 Å². The Morgan fingerprint density at radius 1 is 1.15 bits per heavy atom. The zero-order valence-corrected chi connectivity index (χ0v) is 30.8. The van der Waals surface area contributed by atoms with Gasteiger partial charge in [0.1, 0.15) is 22.9 Å². The van der Waals surface area contributed by atoms with E-state index >= 15 is 0 Å². The Bertz CT molecular complexity index is 2130. The molecule has 0 unspecified atom stereocenters. The highest BCUT2D eigenvalue weighted by Gasteiger charge is 2.50. The Morgan fingerprint density at radius 3 is 2.64 bits per heavy atom. The number of hydrogen-bond acceptors (Lipinski definition) is 9. The normalized spacial score (nSPS) is 20.1. The van der Waals surface area contributed by atoms with Gasteiger partial charge < -0.3 is 36.4 Å². The lowest BCUT2D eigenvalue weighted by Crippen LogP contribution is -2.60. The van der Waals surface area contributed by atoms with Crippen molar-refractivity contribution < 1.29 is 46.7 Å². The minimum Gasteiger partial charge on any atom is -0.370 e. The number of benzene rings is 2. The summed E-state index contributed by atoms with van der Waals surface area (Å²) in [5.41, 5.74) is 1.12. The molecule has 4 heterocycles. The van der Waals surface area contributed by atoms with Crippen molar-refractivity contribution in [3.05, 3.63) is 74.1 Å². The number of alkyl halides is 2. The van der Waals surface area contributed by atoms with Gasteiger partial charge in [-0.15, -0.1) is 22.7 Å². The number of nitrogens with one attached hydrogen (secondary N) is 3. The highest BCUT2D eigenvalue weighted by atomic mass is 35.5. The van der Waals surface area contributed by atoms with Crippen LogP contribution in [0, 0.1) is 5.82 Å². The molecule has 4 aromatic rings. The van der Waals surface area contributed by atoms with E-state index in [1.807, 2.05) is 0 Å². The maximum absolute atomic E-state index is 14.3. The monoisotopic (exact) mass is 812 g/mol. The largest absolute Gasteiger partial charge is 0.399 e. The van der Waals surface area contributed by atoms with Crippen LogP contribution in [0.3, 0.4) is 0 Å². The average Bonchev–Trinajstić information content (AvgIpc) is 3.86. The summed E-state index contributed by atoms with van der Waals surface area (Å²) in [6.45, 7) is 0.535. The number of rotatable bonds is 11. The van der Waals surface area contributed by atoms with Crippen LogP contribution >= 0.6 is 41.9 Å². The summed E-state index contributed by atoms with van der Waals surface area (Å²) in [7, 11) is -5.81. The zero-order valence-electron chi connectivity index (χ0n) is 27.6. The van der Waals surface area contributed by atoms with E-state index in [1.165, 1.54) is 46.6 Å². The molecule has 2 aliphatic heterocycles. The maximum Gasteiger partial charge on any atom is 0.399 e. The number of nitrogens with two attached hydrogens (primary N) is 1. The highest BCUT2D eigenvalue weighted by molar-refractivity contribution is 7.52. The van der Waals surface area contributed by atoms with Crippen molar-refractivity contribution in [2.45, 2.75) is 61.9 Å².